The molecule has 2 aliphatic heterocycles. The molecular weight excluding hydrogens is 318 g/mol. The van der Waals surface area contributed by atoms with Crippen molar-refractivity contribution in [1.82, 2.24) is 5.43 Å². The highest BCUT2D eigenvalue weighted by Crippen LogP contribution is 2.48. The smallest absolute Gasteiger partial charge is 0.0906 e. The first kappa shape index (κ1) is 15.1. The Kier molecular flexibility index (Phi) is 3.13. The molecule has 0 aromatic heterocycles. The molecule has 3 heteroatoms. The maximum atomic E-state index is 3.47. The predicted octanol–water partition coefficient (Wildman–Crippen LogP) is 5.34. The Morgan fingerprint density at radius 2 is 1.50 bits per heavy atom. The van der Waals surface area contributed by atoms with Gasteiger partial charge in [-0.3, -0.25) is 5.43 Å². The second-order valence-electron chi connectivity index (χ2n) is 7.09. The van der Waals surface area contributed by atoms with Crippen molar-refractivity contribution >= 4 is 17.1 Å². The van der Waals surface area contributed by atoms with Gasteiger partial charge in [0, 0.05) is 22.9 Å². The summed E-state index contributed by atoms with van der Waals surface area (Å²) < 4.78 is 0. The molecule has 1 N–H and O–H groups in total. The van der Waals surface area contributed by atoms with Crippen LogP contribution < -0.4 is 15.6 Å². The maximum Gasteiger partial charge on any atom is 0.0906 e. The fourth-order valence-electron chi connectivity index (χ4n) is 4.10. The van der Waals surface area contributed by atoms with Crippen LogP contribution >= 0.6 is 0 Å². The number of hydrogen-bond acceptors (Lipinski definition) is 3. The molecule has 5 rings (SSSR count). The molecule has 0 atom stereocenters. The molecule has 2 heterocycles. The molecule has 3 nitrogen and oxygen atoms in total. The summed E-state index contributed by atoms with van der Waals surface area (Å²) in [6.07, 6.45) is 2.11. The van der Waals surface area contributed by atoms with Gasteiger partial charge in [-0.1, -0.05) is 48.0 Å². The summed E-state index contributed by atoms with van der Waals surface area (Å²) in [7, 11) is 0. The molecule has 0 amide bonds. The lowest BCUT2D eigenvalue weighted by atomic mass is 9.95. The Balaban J connectivity index is 1.76. The molecule has 0 bridgehead atoms. The first-order valence-electron chi connectivity index (χ1n) is 8.98. The Labute approximate surface area is 154 Å². The molecule has 3 aromatic rings. The zero-order chi connectivity index (χ0) is 17.8. The summed E-state index contributed by atoms with van der Waals surface area (Å²) in [5.74, 6) is 0. The fourth-order valence-corrected chi connectivity index (χ4v) is 4.10. The molecular formula is C23H21N3. The Hall–Kier alpha value is -3.20. The van der Waals surface area contributed by atoms with Gasteiger partial charge in [0.15, 0.2) is 0 Å². The van der Waals surface area contributed by atoms with Crippen LogP contribution in [-0.2, 0) is 0 Å². The molecule has 26 heavy (non-hydrogen) atoms. The van der Waals surface area contributed by atoms with E-state index in [4.69, 9.17) is 0 Å². The Morgan fingerprint density at radius 1 is 0.731 bits per heavy atom. The third kappa shape index (κ3) is 2.00. The van der Waals surface area contributed by atoms with Crippen LogP contribution in [0.25, 0.3) is 16.8 Å². The number of para-hydroxylation sites is 1. The van der Waals surface area contributed by atoms with Gasteiger partial charge in [0.25, 0.3) is 0 Å². The average Bonchev–Trinajstić information content (AvgIpc) is 3.07. The minimum atomic E-state index is 1.17. The van der Waals surface area contributed by atoms with E-state index in [0.29, 0.717) is 0 Å². The van der Waals surface area contributed by atoms with Gasteiger partial charge in [-0.2, -0.15) is 5.12 Å². The van der Waals surface area contributed by atoms with Crippen LogP contribution in [0.2, 0.25) is 0 Å². The van der Waals surface area contributed by atoms with Gasteiger partial charge in [-0.05, 0) is 50.1 Å². The van der Waals surface area contributed by atoms with Crippen molar-refractivity contribution in [1.29, 1.82) is 0 Å². The van der Waals surface area contributed by atoms with Crippen LogP contribution in [-0.4, -0.2) is 0 Å². The monoisotopic (exact) mass is 339 g/mol. The van der Waals surface area contributed by atoms with Crippen LogP contribution in [0.3, 0.4) is 0 Å². The molecule has 0 radical (unpaired) electrons. The number of nitrogens with one attached hydrogen (secondary N) is 1. The molecule has 0 spiro atoms. The number of anilines is 2. The van der Waals surface area contributed by atoms with Crippen LogP contribution in [0.1, 0.15) is 22.3 Å². The number of benzene rings is 3. The Morgan fingerprint density at radius 3 is 2.31 bits per heavy atom. The van der Waals surface area contributed by atoms with Crippen LogP contribution in [0.4, 0.5) is 11.4 Å². The molecule has 128 valence electrons. The van der Waals surface area contributed by atoms with Gasteiger partial charge < -0.3 is 0 Å². The molecule has 0 aliphatic carbocycles. The predicted molar refractivity (Wildman–Crippen MR) is 109 cm³/mol. The van der Waals surface area contributed by atoms with Crippen molar-refractivity contribution in [2.75, 3.05) is 10.1 Å². The van der Waals surface area contributed by atoms with Crippen molar-refractivity contribution < 1.29 is 0 Å². The van der Waals surface area contributed by atoms with Crippen molar-refractivity contribution in [2.24, 2.45) is 0 Å². The third-order valence-electron chi connectivity index (χ3n) is 5.29. The average molecular weight is 339 g/mol. The van der Waals surface area contributed by atoms with Crippen LogP contribution in [0.15, 0.2) is 66.9 Å². The van der Waals surface area contributed by atoms with Crippen molar-refractivity contribution in [2.45, 2.75) is 20.8 Å². The molecule has 2 aliphatic rings. The SMILES string of the molecule is Cc1ccc2c(c1)-c1ccccc1N1NC=C(c3c(C)cccc3C)N21. The van der Waals surface area contributed by atoms with Crippen molar-refractivity contribution in [3.8, 4) is 11.1 Å². The lowest BCUT2D eigenvalue weighted by molar-refractivity contribution is 0.790. The summed E-state index contributed by atoms with van der Waals surface area (Å²) in [5, 5.41) is 4.45. The van der Waals surface area contributed by atoms with E-state index >= 15 is 0 Å². The van der Waals surface area contributed by atoms with E-state index in [2.05, 4.69) is 103 Å². The number of rotatable bonds is 1. The van der Waals surface area contributed by atoms with Crippen LogP contribution in [0.5, 0.6) is 0 Å². The van der Waals surface area contributed by atoms with Crippen LogP contribution in [0, 0.1) is 20.8 Å². The standard InChI is InChI=1S/C23H21N3/c1-15-11-12-20-19(13-15)18-9-4-5-10-21(18)26-24-14-22(25(20)26)23-16(2)7-6-8-17(23)3/h4-14,24H,1-3H3. The summed E-state index contributed by atoms with van der Waals surface area (Å²) in [4.78, 5) is 0. The molecule has 0 saturated carbocycles. The minimum absolute atomic E-state index is 1.17. The summed E-state index contributed by atoms with van der Waals surface area (Å²) in [6, 6.07) is 21.7. The van der Waals surface area contributed by atoms with Crippen molar-refractivity contribution in [3.05, 3.63) is 89.1 Å². The highest BCUT2D eigenvalue weighted by atomic mass is 15.8. The molecule has 3 aromatic carbocycles. The first-order chi connectivity index (χ1) is 12.6. The van der Waals surface area contributed by atoms with E-state index in [9.17, 15) is 0 Å². The largest absolute Gasteiger partial charge is 0.284 e. The van der Waals surface area contributed by atoms with Gasteiger partial charge in [-0.25, -0.2) is 5.01 Å². The van der Waals surface area contributed by atoms with Gasteiger partial charge >= 0.3 is 0 Å². The second kappa shape index (κ2) is 5.40. The van der Waals surface area contributed by atoms with Gasteiger partial charge in [-0.15, -0.1) is 0 Å². The lowest BCUT2D eigenvalue weighted by Crippen LogP contribution is -2.45. The maximum absolute atomic E-state index is 3.47. The van der Waals surface area contributed by atoms with E-state index in [1.807, 2.05) is 0 Å². The molecule has 0 saturated heterocycles. The van der Waals surface area contributed by atoms with Gasteiger partial charge in [0.05, 0.1) is 17.1 Å². The van der Waals surface area contributed by atoms with Gasteiger partial charge in [0.2, 0.25) is 0 Å². The quantitative estimate of drug-likeness (QED) is 0.646. The molecule has 0 unspecified atom stereocenters. The highest BCUT2D eigenvalue weighted by molar-refractivity contribution is 6.00. The third-order valence-corrected chi connectivity index (χ3v) is 5.29. The Bertz CT molecular complexity index is 1040. The lowest BCUT2D eigenvalue weighted by Gasteiger charge is -2.39. The van der Waals surface area contributed by atoms with E-state index in [0.717, 1.165) is 0 Å². The normalized spacial score (nSPS) is 14.3. The van der Waals surface area contributed by atoms with E-state index in [1.54, 1.807) is 0 Å². The first-order valence-corrected chi connectivity index (χ1v) is 8.98. The summed E-state index contributed by atoms with van der Waals surface area (Å²) >= 11 is 0. The second-order valence-corrected chi connectivity index (χ2v) is 7.09. The minimum Gasteiger partial charge on any atom is -0.284 e. The number of hydrogen-bond donors (Lipinski definition) is 1. The van der Waals surface area contributed by atoms with Crippen molar-refractivity contribution in [3.63, 3.8) is 0 Å². The van der Waals surface area contributed by atoms with Gasteiger partial charge in [0.1, 0.15) is 0 Å². The summed E-state index contributed by atoms with van der Waals surface area (Å²) in [6.45, 7) is 6.51. The number of hydrazine groups is 2. The topological polar surface area (TPSA) is 18.5 Å². The number of aryl methyl sites for hydroxylation is 3. The molecule has 0 fully saturated rings. The number of nitrogens with zero attached hydrogens (tertiary/aromatic N) is 2. The summed E-state index contributed by atoms with van der Waals surface area (Å²) in [5.41, 5.74) is 14.7. The fraction of sp³-hybridized carbons (Fsp3) is 0.130. The van der Waals surface area contributed by atoms with E-state index in [-0.39, 0.29) is 0 Å². The highest BCUT2D eigenvalue weighted by Gasteiger charge is 2.35. The zero-order valence-corrected chi connectivity index (χ0v) is 15.2. The number of fused-ring (bicyclic) bond motifs is 6. The van der Waals surface area contributed by atoms with E-state index < -0.39 is 0 Å². The van der Waals surface area contributed by atoms with E-state index in [1.165, 1.54) is 50.5 Å². The zero-order valence-electron chi connectivity index (χ0n) is 15.2.